The zero-order valence-corrected chi connectivity index (χ0v) is 17.7. The van der Waals surface area contributed by atoms with Crippen LogP contribution in [-0.4, -0.2) is 75.8 Å². The zero-order chi connectivity index (χ0) is 21.8. The normalized spacial score (nSPS) is 14.6. The molecule has 0 unspecified atom stereocenters. The molecule has 0 aliphatic carbocycles. The number of nitrogens with zero attached hydrogens (tertiary/aromatic N) is 5. The van der Waals surface area contributed by atoms with Crippen molar-refractivity contribution in [2.24, 2.45) is 0 Å². The fourth-order valence-corrected chi connectivity index (χ4v) is 3.69. The summed E-state index contributed by atoms with van der Waals surface area (Å²) in [6.07, 6.45) is 1.60. The Morgan fingerprint density at radius 2 is 1.84 bits per heavy atom. The molecule has 0 saturated carbocycles. The fraction of sp³-hybridized carbons (Fsp3) is 0.364. The van der Waals surface area contributed by atoms with Crippen LogP contribution in [0, 0.1) is 13.8 Å². The molecule has 9 nitrogen and oxygen atoms in total. The third-order valence-electron chi connectivity index (χ3n) is 5.48. The number of aromatic nitrogens is 3. The van der Waals surface area contributed by atoms with E-state index in [1.165, 1.54) is 0 Å². The van der Waals surface area contributed by atoms with E-state index in [0.717, 1.165) is 31.0 Å². The highest BCUT2D eigenvalue weighted by atomic mass is 16.5. The van der Waals surface area contributed by atoms with E-state index in [1.807, 2.05) is 37.3 Å². The Kier molecular flexibility index (Phi) is 6.13. The molecule has 2 amide bonds. The molecule has 0 atom stereocenters. The summed E-state index contributed by atoms with van der Waals surface area (Å²) in [5, 5.41) is 11.1. The lowest BCUT2D eigenvalue weighted by Crippen LogP contribution is -2.50. The van der Waals surface area contributed by atoms with E-state index >= 15 is 0 Å². The molecule has 1 N–H and O–H groups in total. The monoisotopic (exact) mass is 422 g/mol. The minimum absolute atomic E-state index is 0.101. The highest BCUT2D eigenvalue weighted by Gasteiger charge is 2.24. The summed E-state index contributed by atoms with van der Waals surface area (Å²) in [6.45, 7) is 7.68. The molecule has 1 aromatic carbocycles. The zero-order valence-electron chi connectivity index (χ0n) is 17.7. The molecule has 0 bridgehead atoms. The first-order valence-electron chi connectivity index (χ1n) is 10.4. The number of hydrogen-bond acceptors (Lipinski definition) is 6. The van der Waals surface area contributed by atoms with Crippen LogP contribution < -0.4 is 5.32 Å². The lowest BCUT2D eigenvalue weighted by atomic mass is 10.2. The first-order chi connectivity index (χ1) is 15.0. The van der Waals surface area contributed by atoms with Crippen molar-refractivity contribution in [1.29, 1.82) is 0 Å². The molecule has 1 aliphatic rings. The average molecular weight is 422 g/mol. The quantitative estimate of drug-likeness (QED) is 0.649. The van der Waals surface area contributed by atoms with Gasteiger partial charge in [0.1, 0.15) is 5.76 Å². The summed E-state index contributed by atoms with van der Waals surface area (Å²) in [5.74, 6) is 0.396. The summed E-state index contributed by atoms with van der Waals surface area (Å²) in [7, 11) is 0. The number of piperazine rings is 1. The fourth-order valence-electron chi connectivity index (χ4n) is 3.69. The van der Waals surface area contributed by atoms with E-state index in [2.05, 4.69) is 20.5 Å². The molecule has 3 aromatic rings. The van der Waals surface area contributed by atoms with Crippen molar-refractivity contribution in [3.05, 3.63) is 65.3 Å². The third-order valence-corrected chi connectivity index (χ3v) is 5.48. The molecule has 9 heteroatoms. The predicted octanol–water partition coefficient (Wildman–Crippen LogP) is 1.66. The van der Waals surface area contributed by atoms with Gasteiger partial charge in [0.05, 0.1) is 23.1 Å². The molecular formula is C22H26N6O3. The van der Waals surface area contributed by atoms with Crippen LogP contribution >= 0.6 is 0 Å². The number of carbonyl (C=O) groups is 2. The number of hydrogen-bond donors (Lipinski definition) is 1. The van der Waals surface area contributed by atoms with Crippen molar-refractivity contribution >= 4 is 11.8 Å². The molecule has 31 heavy (non-hydrogen) atoms. The smallest absolute Gasteiger partial charge is 0.276 e. The van der Waals surface area contributed by atoms with Gasteiger partial charge in [0.25, 0.3) is 11.8 Å². The van der Waals surface area contributed by atoms with Gasteiger partial charge in [-0.25, -0.2) is 4.68 Å². The van der Waals surface area contributed by atoms with Gasteiger partial charge in [-0.2, -0.15) is 5.10 Å². The third kappa shape index (κ3) is 4.66. The maximum absolute atomic E-state index is 12.6. The van der Waals surface area contributed by atoms with E-state index in [9.17, 15) is 9.59 Å². The summed E-state index contributed by atoms with van der Waals surface area (Å²) in [6, 6.07) is 11.4. The SMILES string of the molecule is Cc1cc(C(=O)N2CCN(CCNC(=O)c3cnn(-c4ccccc4)c3C)CC2)no1. The van der Waals surface area contributed by atoms with Crippen LogP contribution in [0.1, 0.15) is 32.3 Å². The minimum atomic E-state index is -0.130. The Morgan fingerprint density at radius 1 is 1.10 bits per heavy atom. The maximum atomic E-state index is 12.6. The van der Waals surface area contributed by atoms with Crippen LogP contribution in [0.5, 0.6) is 0 Å². The van der Waals surface area contributed by atoms with Gasteiger partial charge >= 0.3 is 0 Å². The Hall–Kier alpha value is -3.46. The molecule has 0 radical (unpaired) electrons. The van der Waals surface area contributed by atoms with Crippen molar-refractivity contribution in [1.82, 2.24) is 30.1 Å². The van der Waals surface area contributed by atoms with Crippen LogP contribution in [0.3, 0.4) is 0 Å². The van der Waals surface area contributed by atoms with Gasteiger partial charge in [-0.05, 0) is 26.0 Å². The molecule has 2 aromatic heterocycles. The van der Waals surface area contributed by atoms with E-state index in [1.54, 1.807) is 28.8 Å². The van der Waals surface area contributed by atoms with Gasteiger partial charge in [-0.15, -0.1) is 0 Å². The van der Waals surface area contributed by atoms with Crippen molar-refractivity contribution in [2.75, 3.05) is 39.3 Å². The molecule has 4 rings (SSSR count). The van der Waals surface area contributed by atoms with Crippen molar-refractivity contribution < 1.29 is 14.1 Å². The Balaban J connectivity index is 1.24. The Labute approximate surface area is 180 Å². The molecular weight excluding hydrogens is 396 g/mol. The molecule has 1 saturated heterocycles. The second-order valence-electron chi connectivity index (χ2n) is 7.60. The molecule has 162 valence electrons. The topological polar surface area (TPSA) is 96.5 Å². The van der Waals surface area contributed by atoms with Crippen LogP contribution in [0.2, 0.25) is 0 Å². The standard InChI is InChI=1S/C22H26N6O3/c1-16-14-20(25-31-16)22(30)27-12-10-26(11-13-27)9-8-23-21(29)19-15-24-28(17(19)2)18-6-4-3-5-7-18/h3-7,14-15H,8-13H2,1-2H3,(H,23,29). The van der Waals surface area contributed by atoms with Gasteiger partial charge in [0.2, 0.25) is 0 Å². The number of rotatable bonds is 6. The summed E-state index contributed by atoms with van der Waals surface area (Å²) >= 11 is 0. The molecule has 1 fully saturated rings. The maximum Gasteiger partial charge on any atom is 0.276 e. The molecule has 3 heterocycles. The number of carbonyl (C=O) groups excluding carboxylic acids is 2. The van der Waals surface area contributed by atoms with Gasteiger partial charge < -0.3 is 14.7 Å². The van der Waals surface area contributed by atoms with Crippen LogP contribution in [0.4, 0.5) is 0 Å². The number of benzene rings is 1. The highest BCUT2D eigenvalue weighted by molar-refractivity contribution is 5.95. The Bertz CT molecular complexity index is 1050. The van der Waals surface area contributed by atoms with E-state index in [-0.39, 0.29) is 11.8 Å². The number of aryl methyl sites for hydroxylation is 1. The largest absolute Gasteiger partial charge is 0.361 e. The summed E-state index contributed by atoms with van der Waals surface area (Å²) < 4.78 is 6.76. The second-order valence-corrected chi connectivity index (χ2v) is 7.60. The molecule has 0 spiro atoms. The highest BCUT2D eigenvalue weighted by Crippen LogP contribution is 2.14. The summed E-state index contributed by atoms with van der Waals surface area (Å²) in [4.78, 5) is 29.1. The number of amides is 2. The van der Waals surface area contributed by atoms with Gasteiger partial charge in [-0.3, -0.25) is 14.5 Å². The second kappa shape index (κ2) is 9.13. The summed E-state index contributed by atoms with van der Waals surface area (Å²) in [5.41, 5.74) is 2.65. The Morgan fingerprint density at radius 3 is 2.52 bits per heavy atom. The number of nitrogens with one attached hydrogen (secondary N) is 1. The van der Waals surface area contributed by atoms with Crippen LogP contribution in [-0.2, 0) is 0 Å². The first-order valence-corrected chi connectivity index (χ1v) is 10.4. The van der Waals surface area contributed by atoms with E-state index < -0.39 is 0 Å². The molecule has 1 aliphatic heterocycles. The predicted molar refractivity (Wildman–Crippen MR) is 114 cm³/mol. The van der Waals surface area contributed by atoms with Gasteiger partial charge in [0, 0.05) is 45.3 Å². The lowest BCUT2D eigenvalue weighted by molar-refractivity contribution is 0.0628. The van der Waals surface area contributed by atoms with Crippen LogP contribution in [0.15, 0.2) is 47.1 Å². The van der Waals surface area contributed by atoms with Gasteiger partial charge in [-0.1, -0.05) is 23.4 Å². The first kappa shape index (κ1) is 20.8. The minimum Gasteiger partial charge on any atom is -0.361 e. The average Bonchev–Trinajstić information content (AvgIpc) is 3.40. The van der Waals surface area contributed by atoms with Gasteiger partial charge in [0.15, 0.2) is 5.69 Å². The van der Waals surface area contributed by atoms with Crippen molar-refractivity contribution in [3.8, 4) is 5.69 Å². The van der Waals surface area contributed by atoms with Crippen molar-refractivity contribution in [3.63, 3.8) is 0 Å². The lowest BCUT2D eigenvalue weighted by Gasteiger charge is -2.34. The number of para-hydroxylation sites is 1. The van der Waals surface area contributed by atoms with E-state index in [4.69, 9.17) is 4.52 Å². The van der Waals surface area contributed by atoms with Crippen LogP contribution in [0.25, 0.3) is 5.69 Å². The van der Waals surface area contributed by atoms with E-state index in [0.29, 0.717) is 36.7 Å². The van der Waals surface area contributed by atoms with Crippen molar-refractivity contribution in [2.45, 2.75) is 13.8 Å².